The van der Waals surface area contributed by atoms with Gasteiger partial charge in [0, 0.05) is 0 Å². The van der Waals surface area contributed by atoms with Crippen molar-refractivity contribution in [1.29, 1.82) is 0 Å². The molecule has 1 amide bonds. The standard InChI is InChI=1S/C20H23NO4S/c1-6-16-9-7-8-10-18(16)21(19(22)25-20(3,4)5)26(23,24)17-13-11-15(2)12-14-17/h6-14H,1H2,2-5H3. The first kappa shape index (κ1) is 19.7. The van der Waals surface area contributed by atoms with E-state index in [0.29, 0.717) is 9.87 Å². The SMILES string of the molecule is C=Cc1ccccc1N(C(=O)OC(C)(C)C)S(=O)(=O)c1ccc(C)cc1. The van der Waals surface area contributed by atoms with E-state index in [9.17, 15) is 13.2 Å². The molecular formula is C20H23NO4S. The van der Waals surface area contributed by atoms with Gasteiger partial charge in [-0.1, -0.05) is 48.6 Å². The smallest absolute Gasteiger partial charge is 0.429 e. The number of aryl methyl sites for hydroxylation is 1. The zero-order valence-electron chi connectivity index (χ0n) is 15.4. The maximum Gasteiger partial charge on any atom is 0.429 e. The van der Waals surface area contributed by atoms with Crippen LogP contribution in [0.3, 0.4) is 0 Å². The summed E-state index contributed by atoms with van der Waals surface area (Å²) in [6, 6.07) is 12.9. The molecule has 0 atom stereocenters. The molecule has 0 aliphatic rings. The third kappa shape index (κ3) is 4.32. The first-order chi connectivity index (χ1) is 12.1. The lowest BCUT2D eigenvalue weighted by molar-refractivity contribution is 0.0609. The van der Waals surface area contributed by atoms with E-state index < -0.39 is 21.7 Å². The number of carbonyl (C=O) groups is 1. The number of ether oxygens (including phenoxy) is 1. The maximum atomic E-state index is 13.2. The Bertz CT molecular complexity index is 910. The molecule has 26 heavy (non-hydrogen) atoms. The van der Waals surface area contributed by atoms with E-state index in [1.807, 2.05) is 6.92 Å². The molecule has 2 aromatic rings. The zero-order chi connectivity index (χ0) is 19.5. The Morgan fingerprint density at radius 1 is 1.08 bits per heavy atom. The first-order valence-corrected chi connectivity index (χ1v) is 9.57. The summed E-state index contributed by atoms with van der Waals surface area (Å²) in [6.07, 6.45) is 0.532. The van der Waals surface area contributed by atoms with Gasteiger partial charge in [-0.15, -0.1) is 0 Å². The fraction of sp³-hybridized carbons (Fsp3) is 0.250. The minimum Gasteiger partial charge on any atom is -0.443 e. The normalized spacial score (nSPS) is 11.7. The van der Waals surface area contributed by atoms with Gasteiger partial charge in [0.25, 0.3) is 10.0 Å². The van der Waals surface area contributed by atoms with Crippen LogP contribution in [0.5, 0.6) is 0 Å². The Balaban J connectivity index is 2.65. The summed E-state index contributed by atoms with van der Waals surface area (Å²) >= 11 is 0. The Morgan fingerprint density at radius 3 is 2.19 bits per heavy atom. The number of hydrogen-bond donors (Lipinski definition) is 0. The lowest BCUT2D eigenvalue weighted by Crippen LogP contribution is -2.41. The molecule has 0 aliphatic heterocycles. The Morgan fingerprint density at radius 2 is 1.65 bits per heavy atom. The number of rotatable bonds is 4. The van der Waals surface area contributed by atoms with Crippen molar-refractivity contribution in [2.45, 2.75) is 38.2 Å². The molecular weight excluding hydrogens is 350 g/mol. The molecule has 0 unspecified atom stereocenters. The first-order valence-electron chi connectivity index (χ1n) is 8.13. The van der Waals surface area contributed by atoms with Crippen molar-refractivity contribution in [3.8, 4) is 0 Å². The van der Waals surface area contributed by atoms with Gasteiger partial charge in [-0.3, -0.25) is 0 Å². The van der Waals surface area contributed by atoms with Crippen molar-refractivity contribution in [2.24, 2.45) is 0 Å². The second-order valence-electron chi connectivity index (χ2n) is 6.83. The quantitative estimate of drug-likeness (QED) is 0.774. The highest BCUT2D eigenvalue weighted by atomic mass is 32.2. The van der Waals surface area contributed by atoms with Crippen LogP contribution in [-0.2, 0) is 14.8 Å². The van der Waals surface area contributed by atoms with E-state index in [2.05, 4.69) is 6.58 Å². The van der Waals surface area contributed by atoms with Crippen LogP contribution < -0.4 is 4.31 Å². The Kier molecular flexibility index (Phi) is 5.56. The third-order valence-corrected chi connectivity index (χ3v) is 5.19. The molecule has 0 fully saturated rings. The van der Waals surface area contributed by atoms with Crippen molar-refractivity contribution in [3.05, 3.63) is 66.2 Å². The van der Waals surface area contributed by atoms with Gasteiger partial charge < -0.3 is 4.74 Å². The molecule has 138 valence electrons. The summed E-state index contributed by atoms with van der Waals surface area (Å²) in [5, 5.41) is 0. The number of carbonyl (C=O) groups excluding carboxylic acids is 1. The molecule has 0 aliphatic carbocycles. The molecule has 5 nitrogen and oxygen atoms in total. The van der Waals surface area contributed by atoms with Crippen LogP contribution in [0.1, 0.15) is 31.9 Å². The molecule has 0 bridgehead atoms. The predicted molar refractivity (Wildman–Crippen MR) is 104 cm³/mol. The fourth-order valence-corrected chi connectivity index (χ4v) is 3.64. The average Bonchev–Trinajstić information content (AvgIpc) is 2.54. The number of hydrogen-bond acceptors (Lipinski definition) is 4. The Hall–Kier alpha value is -2.60. The van der Waals surface area contributed by atoms with Crippen LogP contribution in [0.15, 0.2) is 60.0 Å². The van der Waals surface area contributed by atoms with Gasteiger partial charge in [0.15, 0.2) is 0 Å². The lowest BCUT2D eigenvalue weighted by atomic mass is 10.2. The summed E-state index contributed by atoms with van der Waals surface area (Å²) in [5.74, 6) is 0. The summed E-state index contributed by atoms with van der Waals surface area (Å²) < 4.78 is 32.5. The van der Waals surface area contributed by atoms with Crippen LogP contribution in [0, 0.1) is 6.92 Å². The highest BCUT2D eigenvalue weighted by Crippen LogP contribution is 2.30. The van der Waals surface area contributed by atoms with Gasteiger partial charge in [-0.2, -0.15) is 4.31 Å². The minimum atomic E-state index is -4.16. The van der Waals surface area contributed by atoms with E-state index in [0.717, 1.165) is 5.56 Å². The number of para-hydroxylation sites is 1. The molecule has 0 N–H and O–H groups in total. The van der Waals surface area contributed by atoms with Crippen LogP contribution in [-0.4, -0.2) is 20.1 Å². The largest absolute Gasteiger partial charge is 0.443 e. The van der Waals surface area contributed by atoms with E-state index in [4.69, 9.17) is 4.74 Å². The summed E-state index contributed by atoms with van der Waals surface area (Å²) in [7, 11) is -4.16. The summed E-state index contributed by atoms with van der Waals surface area (Å²) in [5.41, 5.74) is 0.770. The van der Waals surface area contributed by atoms with E-state index >= 15 is 0 Å². The van der Waals surface area contributed by atoms with Crippen molar-refractivity contribution >= 4 is 27.9 Å². The highest BCUT2D eigenvalue weighted by Gasteiger charge is 2.35. The van der Waals surface area contributed by atoms with Crippen LogP contribution >= 0.6 is 0 Å². The monoisotopic (exact) mass is 373 g/mol. The lowest BCUT2D eigenvalue weighted by Gasteiger charge is -2.28. The molecule has 0 heterocycles. The molecule has 0 aromatic heterocycles. The van der Waals surface area contributed by atoms with Crippen molar-refractivity contribution in [2.75, 3.05) is 4.31 Å². The minimum absolute atomic E-state index is 0.00724. The van der Waals surface area contributed by atoms with Crippen LogP contribution in [0.25, 0.3) is 6.08 Å². The van der Waals surface area contributed by atoms with Crippen molar-refractivity contribution < 1.29 is 17.9 Å². The van der Waals surface area contributed by atoms with Crippen molar-refractivity contribution in [1.82, 2.24) is 0 Å². The molecule has 0 saturated heterocycles. The third-order valence-electron chi connectivity index (χ3n) is 3.49. The predicted octanol–water partition coefficient (Wildman–Crippen LogP) is 4.77. The van der Waals surface area contributed by atoms with Crippen molar-refractivity contribution in [3.63, 3.8) is 0 Å². The van der Waals surface area contributed by atoms with Gasteiger partial charge in [0.05, 0.1) is 10.6 Å². The number of sulfonamides is 1. The van der Waals surface area contributed by atoms with E-state index in [1.165, 1.54) is 18.2 Å². The number of anilines is 1. The van der Waals surface area contributed by atoms with Crippen LogP contribution in [0.2, 0.25) is 0 Å². The topological polar surface area (TPSA) is 63.7 Å². The highest BCUT2D eigenvalue weighted by molar-refractivity contribution is 7.93. The fourth-order valence-electron chi connectivity index (χ4n) is 2.29. The second kappa shape index (κ2) is 7.33. The Labute approximate surface area is 155 Å². The van der Waals surface area contributed by atoms with Crippen LogP contribution in [0.4, 0.5) is 10.5 Å². The number of nitrogens with zero attached hydrogens (tertiary/aromatic N) is 1. The van der Waals surface area contributed by atoms with Gasteiger partial charge in [0.1, 0.15) is 5.60 Å². The van der Waals surface area contributed by atoms with E-state index in [-0.39, 0.29) is 10.6 Å². The van der Waals surface area contributed by atoms with Gasteiger partial charge in [-0.25, -0.2) is 13.2 Å². The average molecular weight is 373 g/mol. The summed E-state index contributed by atoms with van der Waals surface area (Å²) in [6.45, 7) is 10.6. The number of benzene rings is 2. The van der Waals surface area contributed by atoms with Gasteiger partial charge in [0.2, 0.25) is 0 Å². The maximum absolute atomic E-state index is 13.2. The zero-order valence-corrected chi connectivity index (χ0v) is 16.2. The van der Waals surface area contributed by atoms with Gasteiger partial charge in [-0.05, 0) is 51.5 Å². The molecule has 2 rings (SSSR count). The molecule has 6 heteroatoms. The number of amides is 1. The second-order valence-corrected chi connectivity index (χ2v) is 8.61. The van der Waals surface area contributed by atoms with Gasteiger partial charge >= 0.3 is 6.09 Å². The van der Waals surface area contributed by atoms with E-state index in [1.54, 1.807) is 57.2 Å². The molecule has 0 radical (unpaired) electrons. The molecule has 0 saturated carbocycles. The summed E-state index contributed by atoms with van der Waals surface area (Å²) in [4.78, 5) is 12.8. The molecule has 2 aromatic carbocycles. The molecule has 0 spiro atoms.